The predicted molar refractivity (Wildman–Crippen MR) is 132 cm³/mol. The molecule has 1 fully saturated rings. The Kier molecular flexibility index (Phi) is 6.88. The zero-order chi connectivity index (χ0) is 23.2. The van der Waals surface area contributed by atoms with Crippen LogP contribution in [0.3, 0.4) is 0 Å². The minimum atomic E-state index is -0.128. The second-order valence-corrected chi connectivity index (χ2v) is 7.88. The molecule has 1 aliphatic rings. The Morgan fingerprint density at radius 3 is 2.76 bits per heavy atom. The van der Waals surface area contributed by atoms with E-state index in [1.165, 1.54) is 0 Å². The summed E-state index contributed by atoms with van der Waals surface area (Å²) in [5.41, 5.74) is 2.85. The molecule has 0 spiro atoms. The molecule has 2 aromatic heterocycles. The van der Waals surface area contributed by atoms with Gasteiger partial charge in [-0.15, -0.1) is 0 Å². The Balaban J connectivity index is 1.57. The minimum absolute atomic E-state index is 0.128. The van der Waals surface area contributed by atoms with Crippen molar-refractivity contribution in [3.8, 4) is 17.1 Å². The van der Waals surface area contributed by atoms with Crippen molar-refractivity contribution in [1.29, 1.82) is 0 Å². The first-order valence-electron chi connectivity index (χ1n) is 11.1. The lowest BCUT2D eigenvalue weighted by molar-refractivity contribution is 0.362. The van der Waals surface area contributed by atoms with Crippen LogP contribution in [0.5, 0.6) is 5.75 Å². The zero-order valence-electron chi connectivity index (χ0n) is 19.1. The maximum Gasteiger partial charge on any atom is 0.209 e. The molecule has 0 bridgehead atoms. The summed E-state index contributed by atoms with van der Waals surface area (Å²) < 4.78 is 8.99. The van der Waals surface area contributed by atoms with Crippen molar-refractivity contribution in [3.05, 3.63) is 89.9 Å². The van der Waals surface area contributed by atoms with Crippen LogP contribution >= 0.6 is 0 Å². The average Bonchev–Trinajstić information content (AvgIpc) is 3.34. The number of rotatable bonds is 7. The summed E-state index contributed by atoms with van der Waals surface area (Å²) in [5.74, 6) is 0.861. The van der Waals surface area contributed by atoms with Crippen molar-refractivity contribution in [3.63, 3.8) is 0 Å². The van der Waals surface area contributed by atoms with Crippen LogP contribution in [0.4, 0.5) is 5.69 Å². The first kappa shape index (κ1) is 22.3. The van der Waals surface area contributed by atoms with Gasteiger partial charge in [-0.2, -0.15) is 10.2 Å². The third kappa shape index (κ3) is 4.82. The Hall–Kier alpha value is -3.87. The number of benzene rings is 1. The molecule has 0 unspecified atom stereocenters. The normalized spacial score (nSPS) is 15.2. The molecule has 170 valence electrons. The van der Waals surface area contributed by atoms with Gasteiger partial charge in [-0.05, 0) is 50.1 Å². The van der Waals surface area contributed by atoms with E-state index in [1.807, 2.05) is 48.0 Å². The van der Waals surface area contributed by atoms with Gasteiger partial charge in [0.2, 0.25) is 5.43 Å². The number of aromatic nitrogens is 4. The number of nitrogens with zero attached hydrogens (tertiary/aromatic N) is 5. The van der Waals surface area contributed by atoms with E-state index in [2.05, 4.69) is 28.7 Å². The third-order valence-electron chi connectivity index (χ3n) is 5.88. The summed E-state index contributed by atoms with van der Waals surface area (Å²) >= 11 is 0. The van der Waals surface area contributed by atoms with Gasteiger partial charge in [0.05, 0.1) is 30.7 Å². The van der Waals surface area contributed by atoms with Crippen molar-refractivity contribution in [1.82, 2.24) is 19.6 Å². The molecule has 1 saturated heterocycles. The molecular weight excluding hydrogens is 414 g/mol. The topological polar surface area (TPSA) is 65.2 Å². The Labute approximate surface area is 193 Å². The first-order valence-corrected chi connectivity index (χ1v) is 11.1. The summed E-state index contributed by atoms with van der Waals surface area (Å²) in [6.45, 7) is 7.64. The fourth-order valence-corrected chi connectivity index (χ4v) is 4.11. The highest BCUT2D eigenvalue weighted by molar-refractivity contribution is 5.66. The number of hydrogen-bond acceptors (Lipinski definition) is 5. The van der Waals surface area contributed by atoms with Crippen molar-refractivity contribution in [2.45, 2.75) is 25.8 Å². The molecule has 1 aromatic carbocycles. The molecule has 7 nitrogen and oxygen atoms in total. The van der Waals surface area contributed by atoms with Crippen LogP contribution in [0.2, 0.25) is 0 Å². The van der Waals surface area contributed by atoms with E-state index >= 15 is 0 Å². The van der Waals surface area contributed by atoms with E-state index in [9.17, 15) is 4.79 Å². The van der Waals surface area contributed by atoms with Gasteiger partial charge in [-0.25, -0.2) is 4.68 Å². The standard InChI is InChI=1S/C26H29N5O2/c1-4-6-8-20(5-2)31-24(11-15-27-31)26-25(32)14-18-30(28-26)21-12-16-29(17-13-21)22-9-7-10-23(19-22)33-3/h4-11,14-15,18-19,21H,2,12-13,16-17H2,1,3H3/b6-4-,20-8+. The number of piperidine rings is 1. The van der Waals surface area contributed by atoms with E-state index in [-0.39, 0.29) is 11.5 Å². The van der Waals surface area contributed by atoms with Gasteiger partial charge in [0.15, 0.2) is 5.69 Å². The number of ether oxygens (including phenoxy) is 1. The molecule has 7 heteroatoms. The largest absolute Gasteiger partial charge is 0.497 e. The zero-order valence-corrected chi connectivity index (χ0v) is 19.1. The maximum atomic E-state index is 12.7. The summed E-state index contributed by atoms with van der Waals surface area (Å²) in [6, 6.07) is 11.8. The second kappa shape index (κ2) is 10.2. The Morgan fingerprint density at radius 1 is 1.21 bits per heavy atom. The van der Waals surface area contributed by atoms with Crippen LogP contribution in [0.25, 0.3) is 17.1 Å². The molecule has 33 heavy (non-hydrogen) atoms. The summed E-state index contributed by atoms with van der Waals surface area (Å²) in [7, 11) is 1.69. The van der Waals surface area contributed by atoms with Crippen molar-refractivity contribution in [2.75, 3.05) is 25.1 Å². The second-order valence-electron chi connectivity index (χ2n) is 7.88. The van der Waals surface area contributed by atoms with Gasteiger partial charge in [0, 0.05) is 37.1 Å². The highest BCUT2D eigenvalue weighted by Gasteiger charge is 2.22. The van der Waals surface area contributed by atoms with Gasteiger partial charge in [-0.3, -0.25) is 9.48 Å². The monoisotopic (exact) mass is 443 g/mol. The van der Waals surface area contributed by atoms with Crippen LogP contribution in [0.1, 0.15) is 25.8 Å². The van der Waals surface area contributed by atoms with Gasteiger partial charge in [-0.1, -0.05) is 24.8 Å². The van der Waals surface area contributed by atoms with Crippen LogP contribution in [-0.2, 0) is 0 Å². The lowest BCUT2D eigenvalue weighted by atomic mass is 10.0. The molecule has 4 rings (SSSR count). The number of hydrogen-bond donors (Lipinski definition) is 0. The molecule has 0 N–H and O–H groups in total. The molecule has 1 aliphatic heterocycles. The van der Waals surface area contributed by atoms with Gasteiger partial charge < -0.3 is 9.64 Å². The van der Waals surface area contributed by atoms with Crippen LogP contribution < -0.4 is 15.1 Å². The fourth-order valence-electron chi connectivity index (χ4n) is 4.11. The molecule has 3 heterocycles. The quantitative estimate of drug-likeness (QED) is 0.501. The fraction of sp³-hybridized carbons (Fsp3) is 0.269. The van der Waals surface area contributed by atoms with Crippen LogP contribution in [0, 0.1) is 0 Å². The summed E-state index contributed by atoms with van der Waals surface area (Å²) in [5, 5.41) is 9.14. The predicted octanol–water partition coefficient (Wildman–Crippen LogP) is 4.56. The van der Waals surface area contributed by atoms with E-state index in [1.54, 1.807) is 36.3 Å². The van der Waals surface area contributed by atoms with Crippen LogP contribution in [-0.4, -0.2) is 39.8 Å². The molecule has 3 aromatic rings. The minimum Gasteiger partial charge on any atom is -0.497 e. The maximum absolute atomic E-state index is 12.7. The molecule has 0 aliphatic carbocycles. The lowest BCUT2D eigenvalue weighted by Crippen LogP contribution is -2.35. The molecule has 0 atom stereocenters. The lowest BCUT2D eigenvalue weighted by Gasteiger charge is -2.34. The highest BCUT2D eigenvalue weighted by Crippen LogP contribution is 2.28. The third-order valence-corrected chi connectivity index (χ3v) is 5.88. The molecular formula is C26H29N5O2. The molecule has 0 saturated carbocycles. The highest BCUT2D eigenvalue weighted by atomic mass is 16.5. The van der Waals surface area contributed by atoms with E-state index in [4.69, 9.17) is 9.84 Å². The first-order chi connectivity index (χ1) is 16.1. The Bertz CT molecular complexity index is 1230. The van der Waals surface area contributed by atoms with Crippen molar-refractivity contribution in [2.24, 2.45) is 0 Å². The SMILES string of the molecule is C=C/C(=C\C=C/C)n1nccc1-c1nn(C2CCN(c3cccc(OC)c3)CC2)ccc1=O. The van der Waals surface area contributed by atoms with Crippen LogP contribution in [0.15, 0.2) is 84.5 Å². The summed E-state index contributed by atoms with van der Waals surface area (Å²) in [4.78, 5) is 15.1. The number of methoxy groups -OCH3 is 1. The van der Waals surface area contributed by atoms with Gasteiger partial charge >= 0.3 is 0 Å². The number of allylic oxidation sites excluding steroid dienone is 5. The van der Waals surface area contributed by atoms with Gasteiger partial charge in [0.1, 0.15) is 5.75 Å². The smallest absolute Gasteiger partial charge is 0.209 e. The van der Waals surface area contributed by atoms with E-state index in [0.29, 0.717) is 11.4 Å². The van der Waals surface area contributed by atoms with E-state index in [0.717, 1.165) is 43.1 Å². The van der Waals surface area contributed by atoms with Crippen molar-refractivity contribution < 1.29 is 4.74 Å². The summed E-state index contributed by atoms with van der Waals surface area (Å²) in [6.07, 6.45) is 12.8. The average molecular weight is 444 g/mol. The van der Waals surface area contributed by atoms with Gasteiger partial charge in [0.25, 0.3) is 0 Å². The number of anilines is 1. The Morgan fingerprint density at radius 2 is 2.03 bits per heavy atom. The van der Waals surface area contributed by atoms with Crippen molar-refractivity contribution >= 4 is 11.4 Å². The molecule has 0 amide bonds. The van der Waals surface area contributed by atoms with E-state index < -0.39 is 0 Å². The molecule has 0 radical (unpaired) electrons.